The average molecular weight is 590 g/mol. The lowest BCUT2D eigenvalue weighted by Gasteiger charge is -2.28. The molecule has 1 aliphatic rings. The molecule has 0 radical (unpaired) electrons. The van der Waals surface area contributed by atoms with Gasteiger partial charge in [-0.15, -0.1) is 0 Å². The number of benzene rings is 2. The number of phosphoric ester groups is 1. The summed E-state index contributed by atoms with van der Waals surface area (Å²) in [5.41, 5.74) is 2.93. The molecule has 0 saturated carbocycles. The molecule has 1 heterocycles. The Labute approximate surface area is 226 Å². The predicted octanol–water partition coefficient (Wildman–Crippen LogP) is 6.97. The van der Waals surface area contributed by atoms with Gasteiger partial charge in [0.1, 0.15) is 0 Å². The molecule has 14 heteroatoms. The first-order valence-corrected chi connectivity index (χ1v) is 16.0. The number of aryl methyl sites for hydroxylation is 1. The zero-order valence-corrected chi connectivity index (χ0v) is 24.6. The minimum Gasteiger partial charge on any atom is -0.386 e. The fourth-order valence-electron chi connectivity index (χ4n) is 3.67. The highest BCUT2D eigenvalue weighted by atomic mass is 32.2. The third kappa shape index (κ3) is 6.88. The predicted molar refractivity (Wildman–Crippen MR) is 152 cm³/mol. The Morgan fingerprint density at radius 2 is 1.61 bits per heavy atom. The van der Waals surface area contributed by atoms with E-state index in [1.54, 1.807) is 25.6 Å². The molecule has 2 unspecified atom stereocenters. The summed E-state index contributed by atoms with van der Waals surface area (Å²) in [7, 11) is -9.32. The maximum absolute atomic E-state index is 13.6. The largest absolute Gasteiger partial charge is 0.538 e. The first-order chi connectivity index (χ1) is 17.1. The van der Waals surface area contributed by atoms with Gasteiger partial charge in [0.15, 0.2) is 0 Å². The van der Waals surface area contributed by atoms with Crippen molar-refractivity contribution in [2.75, 3.05) is 23.7 Å². The fourth-order valence-corrected chi connectivity index (χ4v) is 8.72. The summed E-state index contributed by atoms with van der Waals surface area (Å²) in [6.07, 6.45) is 1.32. The van der Waals surface area contributed by atoms with E-state index in [0.717, 1.165) is 20.9 Å². The second-order valence-electron chi connectivity index (χ2n) is 7.55. The quantitative estimate of drug-likeness (QED) is 0.229. The average Bonchev–Trinajstić information content (AvgIpc) is 2.81. The first kappa shape index (κ1) is 29.1. The normalized spacial score (nSPS) is 22.5. The summed E-state index contributed by atoms with van der Waals surface area (Å²) in [4.78, 5) is 12.4. The lowest BCUT2D eigenvalue weighted by atomic mass is 10.0. The maximum atomic E-state index is 13.6. The number of hydrogen-bond acceptors (Lipinski definition) is 8. The van der Waals surface area contributed by atoms with Crippen molar-refractivity contribution < 1.29 is 27.4 Å². The summed E-state index contributed by atoms with van der Waals surface area (Å²) in [6.45, 7) is 7.85. The number of nitrogens with one attached hydrogen (secondary N) is 2. The van der Waals surface area contributed by atoms with Crippen LogP contribution in [0.15, 0.2) is 46.2 Å². The third-order valence-electron chi connectivity index (χ3n) is 5.30. The molecule has 1 aliphatic heterocycles. The van der Waals surface area contributed by atoms with Crippen LogP contribution in [-0.4, -0.2) is 33.0 Å². The Morgan fingerprint density at radius 3 is 2.19 bits per heavy atom. The van der Waals surface area contributed by atoms with Gasteiger partial charge < -0.3 is 19.7 Å². The summed E-state index contributed by atoms with van der Waals surface area (Å²) < 4.78 is 43.2. The van der Waals surface area contributed by atoms with Gasteiger partial charge in [0.25, 0.3) is 10.3 Å². The summed E-state index contributed by atoms with van der Waals surface area (Å²) in [5.74, 6) is 0. The van der Waals surface area contributed by atoms with E-state index in [0.29, 0.717) is 24.2 Å². The van der Waals surface area contributed by atoms with Gasteiger partial charge in [-0.3, -0.25) is 4.89 Å². The Kier molecular flexibility index (Phi) is 9.99. The van der Waals surface area contributed by atoms with Gasteiger partial charge in [0.2, 0.25) is 0 Å². The summed E-state index contributed by atoms with van der Waals surface area (Å²) in [6, 6.07) is 11.8. The molecule has 0 aliphatic carbocycles. The molecule has 0 fully saturated rings. The zero-order chi connectivity index (χ0) is 26.5. The van der Waals surface area contributed by atoms with E-state index in [1.165, 1.54) is 4.67 Å². The van der Waals surface area contributed by atoms with Gasteiger partial charge in [0.05, 0.1) is 11.4 Å². The molecule has 0 aromatic heterocycles. The number of thiocarbonyl (C=S) groups is 2. The minimum absolute atomic E-state index is 0.202. The second kappa shape index (κ2) is 12.4. The summed E-state index contributed by atoms with van der Waals surface area (Å²) in [5, 5.41) is 5.19. The van der Waals surface area contributed by atoms with Crippen molar-refractivity contribution in [3.8, 4) is 0 Å². The molecule has 0 spiro atoms. The molecular weight excluding hydrogens is 560 g/mol. The molecule has 0 bridgehead atoms. The molecule has 3 N–H and O–H groups in total. The molecule has 9 nitrogen and oxygen atoms in total. The van der Waals surface area contributed by atoms with Crippen LogP contribution in [0.1, 0.15) is 38.8 Å². The number of rotatable bonds is 7. The van der Waals surface area contributed by atoms with Crippen molar-refractivity contribution in [2.24, 2.45) is 0 Å². The smallest absolute Gasteiger partial charge is 0.386 e. The molecule has 2 aromatic carbocycles. The van der Waals surface area contributed by atoms with E-state index < -0.39 is 20.7 Å². The van der Waals surface area contributed by atoms with Crippen LogP contribution >= 0.6 is 51.8 Å². The lowest BCUT2D eigenvalue weighted by molar-refractivity contribution is 0.237. The van der Waals surface area contributed by atoms with Crippen molar-refractivity contribution in [3.05, 3.63) is 47.5 Å². The number of anilines is 2. The van der Waals surface area contributed by atoms with Gasteiger partial charge in [-0.2, -0.15) is 8.98 Å². The number of phosphoric acid groups is 1. The lowest BCUT2D eigenvalue weighted by Crippen LogP contribution is -2.25. The van der Waals surface area contributed by atoms with Crippen LogP contribution in [0, 0.1) is 0 Å². The molecule has 196 valence electrons. The third-order valence-corrected chi connectivity index (χ3v) is 10.9. The highest BCUT2D eigenvalue weighted by Gasteiger charge is 2.44. The first-order valence-electron chi connectivity index (χ1n) is 11.4. The second-order valence-corrected chi connectivity index (χ2v) is 12.8. The minimum atomic E-state index is -4.94. The van der Waals surface area contributed by atoms with Crippen LogP contribution in [0.5, 0.6) is 0 Å². The topological polar surface area (TPSA) is 109 Å². The van der Waals surface area contributed by atoms with Crippen LogP contribution in [0.2, 0.25) is 0 Å². The van der Waals surface area contributed by atoms with E-state index in [9.17, 15) is 14.0 Å². The molecular formula is C22H29N3O6P2S3. The van der Waals surface area contributed by atoms with Crippen molar-refractivity contribution in [1.82, 2.24) is 4.67 Å². The van der Waals surface area contributed by atoms with E-state index in [4.69, 9.17) is 37.8 Å². The highest BCUT2D eigenvalue weighted by molar-refractivity contribution is 7.99. The SMILES string of the molecule is CCc1cc2c(c(CC)c1Sc1ccccc1)NC(=S)OP(=O)(N(CC)CC)OP(=O)(O)OC(=S)N2. The van der Waals surface area contributed by atoms with Gasteiger partial charge in [-0.1, -0.05) is 57.7 Å². The molecule has 36 heavy (non-hydrogen) atoms. The standard InChI is InChI=1S/C22H29N3O6P2S3/c1-5-15-14-18-19(17(6-2)20(15)36-16-12-10-9-11-13-16)24-22(35)29-32(26,25(7-3)8-4)31-33(27,28)30-21(34)23-18/h9-14H,5-8H2,1-4H3,(H,23,34)(H,24,35)(H,27,28). The Balaban J connectivity index is 2.17. The van der Waals surface area contributed by atoms with Gasteiger partial charge >= 0.3 is 15.6 Å². The molecule has 0 saturated heterocycles. The van der Waals surface area contributed by atoms with Gasteiger partial charge in [0, 0.05) is 22.9 Å². The van der Waals surface area contributed by atoms with Crippen LogP contribution < -0.4 is 10.6 Å². The van der Waals surface area contributed by atoms with Crippen molar-refractivity contribution in [2.45, 2.75) is 50.3 Å². The van der Waals surface area contributed by atoms with Crippen LogP contribution in [-0.2, 0) is 35.3 Å². The molecule has 2 aromatic rings. The van der Waals surface area contributed by atoms with E-state index in [2.05, 4.69) is 10.6 Å². The van der Waals surface area contributed by atoms with E-state index in [1.807, 2.05) is 50.2 Å². The maximum Gasteiger partial charge on any atom is 0.538 e. The zero-order valence-electron chi connectivity index (χ0n) is 20.3. The molecule has 2 atom stereocenters. The van der Waals surface area contributed by atoms with Crippen LogP contribution in [0.25, 0.3) is 0 Å². The monoisotopic (exact) mass is 589 g/mol. The van der Waals surface area contributed by atoms with Crippen LogP contribution in [0.3, 0.4) is 0 Å². The van der Waals surface area contributed by atoms with E-state index in [-0.39, 0.29) is 18.3 Å². The fraction of sp³-hybridized carbons (Fsp3) is 0.364. The Hall–Kier alpha value is -1.49. The Bertz CT molecular complexity index is 1230. The molecule has 3 rings (SSSR count). The van der Waals surface area contributed by atoms with Crippen molar-refractivity contribution in [1.29, 1.82) is 0 Å². The van der Waals surface area contributed by atoms with Crippen molar-refractivity contribution in [3.63, 3.8) is 0 Å². The molecule has 0 amide bonds. The number of nitrogens with zero attached hydrogens (tertiary/aromatic N) is 1. The van der Waals surface area contributed by atoms with Gasteiger partial charge in [-0.25, -0.2) is 9.13 Å². The Morgan fingerprint density at radius 1 is 0.972 bits per heavy atom. The van der Waals surface area contributed by atoms with Crippen molar-refractivity contribution >= 4 is 73.5 Å². The summed E-state index contributed by atoms with van der Waals surface area (Å²) >= 11 is 12.2. The number of fused-ring (bicyclic) bond motifs is 1. The van der Waals surface area contributed by atoms with E-state index >= 15 is 0 Å². The number of hydrogen-bond donors (Lipinski definition) is 3. The van der Waals surface area contributed by atoms with Crippen LogP contribution in [0.4, 0.5) is 11.4 Å². The highest BCUT2D eigenvalue weighted by Crippen LogP contribution is 2.65. The van der Waals surface area contributed by atoms with Gasteiger partial charge in [-0.05, 0) is 66.6 Å².